The quantitative estimate of drug-likeness (QED) is 0.613. The molecule has 2 rings (SSSR count). The van der Waals surface area contributed by atoms with Crippen LogP contribution in [0.2, 0.25) is 0 Å². The standard InChI is InChI=1S/C15H17NO2/c1-4-18-15(17)10-9-12-11(2)16(3)14-8-6-5-7-13(12)14/h5-10H,4H2,1-3H3. The highest BCUT2D eigenvalue weighted by atomic mass is 16.5. The van der Waals surface area contributed by atoms with E-state index in [1.54, 1.807) is 6.92 Å². The molecule has 18 heavy (non-hydrogen) atoms. The molecule has 0 unspecified atom stereocenters. The number of esters is 1. The van der Waals surface area contributed by atoms with Gasteiger partial charge in [0.2, 0.25) is 0 Å². The van der Waals surface area contributed by atoms with Crippen LogP contribution in [0.3, 0.4) is 0 Å². The van der Waals surface area contributed by atoms with E-state index in [1.165, 1.54) is 11.6 Å². The summed E-state index contributed by atoms with van der Waals surface area (Å²) in [6.07, 6.45) is 3.31. The highest BCUT2D eigenvalue weighted by Crippen LogP contribution is 2.25. The zero-order valence-electron chi connectivity index (χ0n) is 10.9. The van der Waals surface area contributed by atoms with Crippen LogP contribution in [0.25, 0.3) is 17.0 Å². The van der Waals surface area contributed by atoms with Gasteiger partial charge in [0.1, 0.15) is 0 Å². The molecule has 3 nitrogen and oxygen atoms in total. The highest BCUT2D eigenvalue weighted by molar-refractivity contribution is 5.95. The summed E-state index contributed by atoms with van der Waals surface area (Å²) in [5, 5.41) is 1.15. The molecule has 2 aromatic rings. The van der Waals surface area contributed by atoms with Gasteiger partial charge in [-0.3, -0.25) is 0 Å². The number of hydrogen-bond acceptors (Lipinski definition) is 2. The van der Waals surface area contributed by atoms with E-state index in [0.717, 1.165) is 16.6 Å². The fraction of sp³-hybridized carbons (Fsp3) is 0.267. The van der Waals surface area contributed by atoms with Crippen molar-refractivity contribution < 1.29 is 9.53 Å². The third-order valence-corrected chi connectivity index (χ3v) is 3.12. The van der Waals surface area contributed by atoms with Crippen LogP contribution >= 0.6 is 0 Å². The molecule has 0 amide bonds. The molecular weight excluding hydrogens is 226 g/mol. The molecule has 0 saturated carbocycles. The van der Waals surface area contributed by atoms with Gasteiger partial charge in [0.15, 0.2) is 0 Å². The van der Waals surface area contributed by atoms with Gasteiger partial charge < -0.3 is 9.30 Å². The number of carbonyl (C=O) groups excluding carboxylic acids is 1. The second-order valence-electron chi connectivity index (χ2n) is 4.16. The summed E-state index contributed by atoms with van der Waals surface area (Å²) >= 11 is 0. The number of ether oxygens (including phenoxy) is 1. The Hall–Kier alpha value is -2.03. The van der Waals surface area contributed by atoms with E-state index in [4.69, 9.17) is 4.74 Å². The Kier molecular flexibility index (Phi) is 3.51. The molecule has 1 heterocycles. The van der Waals surface area contributed by atoms with Gasteiger partial charge >= 0.3 is 5.97 Å². The smallest absolute Gasteiger partial charge is 0.330 e. The Bertz CT molecular complexity index is 608. The summed E-state index contributed by atoms with van der Waals surface area (Å²) in [6.45, 7) is 4.25. The van der Waals surface area contributed by atoms with Gasteiger partial charge in [-0.25, -0.2) is 4.79 Å². The molecule has 0 N–H and O–H groups in total. The van der Waals surface area contributed by atoms with Gasteiger partial charge in [-0.05, 0) is 26.0 Å². The minimum Gasteiger partial charge on any atom is -0.463 e. The third-order valence-electron chi connectivity index (χ3n) is 3.12. The fourth-order valence-corrected chi connectivity index (χ4v) is 2.10. The van der Waals surface area contributed by atoms with Crippen molar-refractivity contribution in [1.29, 1.82) is 0 Å². The molecule has 0 aliphatic carbocycles. The van der Waals surface area contributed by atoms with Crippen LogP contribution in [0.15, 0.2) is 30.3 Å². The van der Waals surface area contributed by atoms with Gasteiger partial charge in [0.05, 0.1) is 6.61 Å². The van der Waals surface area contributed by atoms with Crippen LogP contribution < -0.4 is 0 Å². The Morgan fingerprint density at radius 2 is 2.11 bits per heavy atom. The molecule has 1 aromatic carbocycles. The van der Waals surface area contributed by atoms with E-state index < -0.39 is 0 Å². The number of fused-ring (bicyclic) bond motifs is 1. The molecule has 0 saturated heterocycles. The van der Waals surface area contributed by atoms with Crippen molar-refractivity contribution in [3.8, 4) is 0 Å². The molecule has 94 valence electrons. The molecule has 0 spiro atoms. The number of rotatable bonds is 3. The van der Waals surface area contributed by atoms with Crippen LogP contribution in [0.1, 0.15) is 18.2 Å². The predicted molar refractivity (Wildman–Crippen MR) is 73.3 cm³/mol. The third kappa shape index (κ3) is 2.16. The van der Waals surface area contributed by atoms with E-state index in [-0.39, 0.29) is 5.97 Å². The maximum atomic E-state index is 11.4. The summed E-state index contributed by atoms with van der Waals surface area (Å²) in [7, 11) is 2.03. The zero-order chi connectivity index (χ0) is 13.1. The largest absolute Gasteiger partial charge is 0.463 e. The van der Waals surface area contributed by atoms with Crippen molar-refractivity contribution in [3.63, 3.8) is 0 Å². The number of benzene rings is 1. The van der Waals surface area contributed by atoms with Gasteiger partial charge in [-0.1, -0.05) is 18.2 Å². The van der Waals surface area contributed by atoms with Crippen LogP contribution in [0.4, 0.5) is 0 Å². The van der Waals surface area contributed by atoms with Crippen LogP contribution in [0.5, 0.6) is 0 Å². The van der Waals surface area contributed by atoms with Gasteiger partial charge in [-0.15, -0.1) is 0 Å². The highest BCUT2D eigenvalue weighted by Gasteiger charge is 2.08. The lowest BCUT2D eigenvalue weighted by molar-refractivity contribution is -0.137. The van der Waals surface area contributed by atoms with Crippen molar-refractivity contribution in [2.45, 2.75) is 13.8 Å². The minimum absolute atomic E-state index is 0.301. The Morgan fingerprint density at radius 3 is 2.83 bits per heavy atom. The summed E-state index contributed by atoms with van der Waals surface area (Å²) < 4.78 is 7.01. The second-order valence-corrected chi connectivity index (χ2v) is 4.16. The first kappa shape index (κ1) is 12.4. The Labute approximate surface area is 107 Å². The van der Waals surface area contributed by atoms with E-state index in [1.807, 2.05) is 32.2 Å². The lowest BCUT2D eigenvalue weighted by atomic mass is 10.1. The average molecular weight is 243 g/mol. The van der Waals surface area contributed by atoms with E-state index in [9.17, 15) is 4.79 Å². The number of para-hydroxylation sites is 1. The first-order valence-corrected chi connectivity index (χ1v) is 6.04. The average Bonchev–Trinajstić information content (AvgIpc) is 2.61. The maximum absolute atomic E-state index is 11.4. The SMILES string of the molecule is CCOC(=O)C=Cc1c(C)n(C)c2ccccc12. The summed E-state index contributed by atoms with van der Waals surface area (Å²) in [5.74, 6) is -0.301. The number of aromatic nitrogens is 1. The molecule has 0 aliphatic heterocycles. The molecule has 0 bridgehead atoms. The number of nitrogens with zero attached hydrogens (tertiary/aromatic N) is 1. The second kappa shape index (κ2) is 5.08. The molecule has 0 radical (unpaired) electrons. The molecule has 1 aromatic heterocycles. The molecule has 0 atom stereocenters. The van der Waals surface area contributed by atoms with E-state index >= 15 is 0 Å². The summed E-state index contributed by atoms with van der Waals surface area (Å²) in [5.41, 5.74) is 3.37. The maximum Gasteiger partial charge on any atom is 0.330 e. The number of aryl methyl sites for hydroxylation is 1. The summed E-state index contributed by atoms with van der Waals surface area (Å²) in [6, 6.07) is 8.15. The molecule has 3 heteroatoms. The lowest BCUT2D eigenvalue weighted by Gasteiger charge is -1.98. The first-order valence-electron chi connectivity index (χ1n) is 6.04. The minimum atomic E-state index is -0.301. The molecular formula is C15H17NO2. The van der Waals surface area contributed by atoms with Gasteiger partial charge in [0, 0.05) is 35.3 Å². The van der Waals surface area contributed by atoms with Crippen LogP contribution in [0, 0.1) is 6.92 Å². The van der Waals surface area contributed by atoms with Gasteiger partial charge in [0.25, 0.3) is 0 Å². The van der Waals surface area contributed by atoms with Gasteiger partial charge in [-0.2, -0.15) is 0 Å². The van der Waals surface area contributed by atoms with Crippen LogP contribution in [-0.2, 0) is 16.6 Å². The first-order chi connectivity index (χ1) is 8.65. The topological polar surface area (TPSA) is 31.2 Å². The van der Waals surface area contributed by atoms with Crippen molar-refractivity contribution in [3.05, 3.63) is 41.6 Å². The normalized spacial score (nSPS) is 11.3. The molecule has 0 aliphatic rings. The van der Waals surface area contributed by atoms with E-state index in [0.29, 0.717) is 6.61 Å². The number of carbonyl (C=O) groups is 1. The Morgan fingerprint density at radius 1 is 1.39 bits per heavy atom. The lowest BCUT2D eigenvalue weighted by Crippen LogP contribution is -1.98. The molecule has 0 fully saturated rings. The predicted octanol–water partition coefficient (Wildman–Crippen LogP) is 3.06. The summed E-state index contributed by atoms with van der Waals surface area (Å²) in [4.78, 5) is 11.4. The van der Waals surface area contributed by atoms with Crippen molar-refractivity contribution in [1.82, 2.24) is 4.57 Å². The van der Waals surface area contributed by atoms with Crippen molar-refractivity contribution >= 4 is 22.9 Å². The van der Waals surface area contributed by atoms with Crippen molar-refractivity contribution in [2.75, 3.05) is 6.61 Å². The number of hydrogen-bond donors (Lipinski definition) is 0. The van der Waals surface area contributed by atoms with Crippen molar-refractivity contribution in [2.24, 2.45) is 7.05 Å². The Balaban J connectivity index is 2.45. The fourth-order valence-electron chi connectivity index (χ4n) is 2.10. The van der Waals surface area contributed by atoms with E-state index in [2.05, 4.69) is 16.7 Å². The zero-order valence-corrected chi connectivity index (χ0v) is 10.9. The van der Waals surface area contributed by atoms with Crippen LogP contribution in [-0.4, -0.2) is 17.1 Å². The monoisotopic (exact) mass is 243 g/mol.